The SMILES string of the molecule is Nc1c(C(F)(F)F)cc(CC(NC(=O)N2CCC(N3CCc4ccccc4NC3=O)CC2)C(=O)O)cc1C(F)(F)F. The summed E-state index contributed by atoms with van der Waals surface area (Å²) in [5.74, 6) is -1.65. The van der Waals surface area contributed by atoms with E-state index in [1.807, 2.05) is 18.2 Å². The summed E-state index contributed by atoms with van der Waals surface area (Å²) in [5.41, 5.74) is 1.22. The molecular formula is C26H27F6N5O4. The zero-order valence-corrected chi connectivity index (χ0v) is 21.5. The van der Waals surface area contributed by atoms with Crippen LogP contribution in [0, 0.1) is 0 Å². The lowest BCUT2D eigenvalue weighted by Crippen LogP contribution is -2.54. The van der Waals surface area contributed by atoms with Gasteiger partial charge < -0.3 is 31.3 Å². The summed E-state index contributed by atoms with van der Waals surface area (Å²) in [7, 11) is 0. The van der Waals surface area contributed by atoms with Crippen LogP contribution in [0.1, 0.15) is 35.1 Å². The van der Waals surface area contributed by atoms with Gasteiger partial charge in [-0.15, -0.1) is 0 Å². The second-order valence-corrected chi connectivity index (χ2v) is 9.89. The summed E-state index contributed by atoms with van der Waals surface area (Å²) in [6.07, 6.45) is -9.89. The van der Waals surface area contributed by atoms with Gasteiger partial charge in [0.1, 0.15) is 6.04 Å². The first-order chi connectivity index (χ1) is 19.1. The number of carbonyl (C=O) groups excluding carboxylic acids is 2. The highest BCUT2D eigenvalue weighted by Gasteiger charge is 2.41. The molecule has 0 aromatic heterocycles. The molecule has 1 atom stereocenters. The van der Waals surface area contributed by atoms with Crippen molar-refractivity contribution in [1.82, 2.24) is 15.1 Å². The number of alkyl halides is 6. The van der Waals surface area contributed by atoms with Crippen molar-refractivity contribution in [2.75, 3.05) is 30.7 Å². The summed E-state index contributed by atoms with van der Waals surface area (Å²) in [6.45, 7) is 0.762. The highest BCUT2D eigenvalue weighted by molar-refractivity contribution is 5.91. The van der Waals surface area contributed by atoms with Gasteiger partial charge in [0.05, 0.1) is 16.8 Å². The molecule has 2 aromatic rings. The van der Waals surface area contributed by atoms with Gasteiger partial charge in [-0.2, -0.15) is 26.3 Å². The van der Waals surface area contributed by atoms with Crippen LogP contribution in [0.3, 0.4) is 0 Å². The smallest absolute Gasteiger partial charge is 0.418 e. The van der Waals surface area contributed by atoms with Crippen LogP contribution in [0.4, 0.5) is 47.3 Å². The van der Waals surface area contributed by atoms with Gasteiger partial charge >= 0.3 is 30.4 Å². The monoisotopic (exact) mass is 587 g/mol. The molecule has 9 nitrogen and oxygen atoms in total. The fourth-order valence-corrected chi connectivity index (χ4v) is 5.09. The summed E-state index contributed by atoms with van der Waals surface area (Å²) < 4.78 is 80.2. The fourth-order valence-electron chi connectivity index (χ4n) is 5.09. The molecule has 0 bridgehead atoms. The molecule has 2 aliphatic rings. The Morgan fingerprint density at radius 1 is 1.02 bits per heavy atom. The number of fused-ring (bicyclic) bond motifs is 1. The largest absolute Gasteiger partial charge is 0.480 e. The van der Waals surface area contributed by atoms with E-state index in [0.717, 1.165) is 11.3 Å². The second kappa shape index (κ2) is 11.4. The van der Waals surface area contributed by atoms with E-state index in [0.29, 0.717) is 37.9 Å². The van der Waals surface area contributed by atoms with Gasteiger partial charge in [0.25, 0.3) is 0 Å². The first kappa shape index (κ1) is 29.8. The highest BCUT2D eigenvalue weighted by Crippen LogP contribution is 2.42. The molecular weight excluding hydrogens is 560 g/mol. The Bertz CT molecular complexity index is 1290. The Labute approximate surface area is 230 Å². The number of urea groups is 2. The molecule has 0 saturated carbocycles. The van der Waals surface area contributed by atoms with Crippen molar-refractivity contribution in [2.24, 2.45) is 0 Å². The van der Waals surface area contributed by atoms with E-state index in [-0.39, 0.29) is 25.2 Å². The van der Waals surface area contributed by atoms with E-state index in [2.05, 4.69) is 10.6 Å². The Morgan fingerprint density at radius 3 is 2.17 bits per heavy atom. The van der Waals surface area contributed by atoms with Gasteiger partial charge in [-0.05, 0) is 48.6 Å². The van der Waals surface area contributed by atoms with E-state index >= 15 is 0 Å². The quantitative estimate of drug-likeness (QED) is 0.301. The van der Waals surface area contributed by atoms with Gasteiger partial charge in [-0.1, -0.05) is 18.2 Å². The van der Waals surface area contributed by atoms with Crippen molar-refractivity contribution in [3.05, 3.63) is 58.7 Å². The summed E-state index contributed by atoms with van der Waals surface area (Å²) in [5, 5.41) is 14.7. The Morgan fingerprint density at radius 2 is 1.61 bits per heavy atom. The number of nitrogen functional groups attached to an aromatic ring is 1. The van der Waals surface area contributed by atoms with Gasteiger partial charge in [-0.3, -0.25) is 0 Å². The van der Waals surface area contributed by atoms with E-state index in [4.69, 9.17) is 5.73 Å². The number of hydrogen-bond donors (Lipinski definition) is 4. The minimum atomic E-state index is -5.22. The lowest BCUT2D eigenvalue weighted by molar-refractivity contribution is -0.141. The van der Waals surface area contributed by atoms with Crippen LogP contribution in [0.25, 0.3) is 0 Å². The van der Waals surface area contributed by atoms with Crippen molar-refractivity contribution in [1.29, 1.82) is 0 Å². The number of likely N-dealkylation sites (tertiary alicyclic amines) is 1. The molecule has 2 aromatic carbocycles. The number of aliphatic carboxylic acids is 1. The molecule has 2 aliphatic heterocycles. The van der Waals surface area contributed by atoms with Gasteiger partial charge in [-0.25, -0.2) is 14.4 Å². The number of amides is 4. The van der Waals surface area contributed by atoms with Crippen molar-refractivity contribution in [3.8, 4) is 0 Å². The van der Waals surface area contributed by atoms with Crippen molar-refractivity contribution < 1.29 is 45.8 Å². The van der Waals surface area contributed by atoms with Crippen LogP contribution >= 0.6 is 0 Å². The van der Waals surface area contributed by atoms with E-state index in [9.17, 15) is 45.8 Å². The van der Waals surface area contributed by atoms with Crippen molar-refractivity contribution in [2.45, 2.75) is 50.1 Å². The number of anilines is 2. The normalized spacial score (nSPS) is 17.4. The molecule has 0 radical (unpaired) electrons. The average molecular weight is 588 g/mol. The molecule has 2 heterocycles. The highest BCUT2D eigenvalue weighted by atomic mass is 19.4. The van der Waals surface area contributed by atoms with Crippen LogP contribution in [0.2, 0.25) is 0 Å². The second-order valence-electron chi connectivity index (χ2n) is 9.89. The predicted octanol–water partition coefficient (Wildman–Crippen LogP) is 4.57. The van der Waals surface area contributed by atoms with E-state index < -0.39 is 59.2 Å². The average Bonchev–Trinajstić information content (AvgIpc) is 3.05. The minimum Gasteiger partial charge on any atom is -0.480 e. The molecule has 41 heavy (non-hydrogen) atoms. The molecule has 4 amide bonds. The van der Waals surface area contributed by atoms with E-state index in [1.165, 1.54) is 4.90 Å². The minimum absolute atomic E-state index is 0.151. The van der Waals surface area contributed by atoms with Crippen molar-refractivity contribution >= 4 is 29.4 Å². The number of para-hydroxylation sites is 1. The van der Waals surface area contributed by atoms with Gasteiger partial charge in [0.2, 0.25) is 0 Å². The van der Waals surface area contributed by atoms with Gasteiger partial charge in [0, 0.05) is 37.8 Å². The summed E-state index contributed by atoms with van der Waals surface area (Å²) in [4.78, 5) is 40.4. The standard InChI is InChI=1S/C26H27F6N5O4/c27-25(28,29)17-11-14(12-18(21(17)33)26(30,31)32)13-20(22(38)39)35-23(40)36-8-6-16(7-9-36)37-10-5-15-3-1-2-4-19(15)34-24(37)41/h1-4,11-12,16,20H,5-10,13,33H2,(H,34,41)(H,35,40)(H,38,39). The zero-order valence-electron chi connectivity index (χ0n) is 21.5. The third kappa shape index (κ3) is 6.77. The summed E-state index contributed by atoms with van der Waals surface area (Å²) in [6, 6.07) is 4.99. The first-order valence-corrected chi connectivity index (χ1v) is 12.7. The van der Waals surface area contributed by atoms with Gasteiger partial charge in [0.15, 0.2) is 0 Å². The molecule has 15 heteroatoms. The molecule has 0 aliphatic carbocycles. The third-order valence-corrected chi connectivity index (χ3v) is 7.22. The number of rotatable bonds is 5. The first-order valence-electron chi connectivity index (χ1n) is 12.7. The number of piperidine rings is 1. The molecule has 1 unspecified atom stereocenters. The molecule has 1 fully saturated rings. The maximum absolute atomic E-state index is 13.4. The molecule has 5 N–H and O–H groups in total. The predicted molar refractivity (Wildman–Crippen MR) is 135 cm³/mol. The van der Waals surface area contributed by atoms with Crippen LogP contribution < -0.4 is 16.4 Å². The Hall–Kier alpha value is -4.17. The zero-order chi connectivity index (χ0) is 30.1. The van der Waals surface area contributed by atoms with Crippen molar-refractivity contribution in [3.63, 3.8) is 0 Å². The van der Waals surface area contributed by atoms with Crippen LogP contribution in [0.5, 0.6) is 0 Å². The maximum Gasteiger partial charge on any atom is 0.418 e. The van der Waals surface area contributed by atoms with E-state index in [1.54, 1.807) is 11.0 Å². The van der Waals surface area contributed by atoms with Crippen LogP contribution in [-0.2, 0) is 30.0 Å². The Balaban J connectivity index is 1.41. The topological polar surface area (TPSA) is 128 Å². The number of carboxylic acids is 1. The lowest BCUT2D eigenvalue weighted by Gasteiger charge is -2.38. The molecule has 1 saturated heterocycles. The molecule has 0 spiro atoms. The molecule has 222 valence electrons. The summed E-state index contributed by atoms with van der Waals surface area (Å²) >= 11 is 0. The fraction of sp³-hybridized carbons (Fsp3) is 0.423. The molecule has 4 rings (SSSR count). The third-order valence-electron chi connectivity index (χ3n) is 7.22. The maximum atomic E-state index is 13.4. The number of benzene rings is 2. The number of carboxylic acid groups (broad SMARTS) is 1. The van der Waals surface area contributed by atoms with Crippen LogP contribution in [0.15, 0.2) is 36.4 Å². The Kier molecular flexibility index (Phi) is 8.27. The number of nitrogens with zero attached hydrogens (tertiary/aromatic N) is 2. The number of carbonyl (C=O) groups is 3. The number of hydrogen-bond acceptors (Lipinski definition) is 4. The lowest BCUT2D eigenvalue weighted by atomic mass is 9.97. The van der Waals surface area contributed by atoms with Crippen LogP contribution in [-0.4, -0.2) is 64.7 Å². The number of nitrogens with two attached hydrogens (primary N) is 1. The number of halogens is 6. The number of nitrogens with one attached hydrogen (secondary N) is 2.